The van der Waals surface area contributed by atoms with Gasteiger partial charge in [-0.3, -0.25) is 0 Å². The number of benzene rings is 9. The maximum Gasteiger partial charge on any atom is 0.0991 e. The predicted molar refractivity (Wildman–Crippen MR) is 207 cm³/mol. The Morgan fingerprint density at radius 2 is 1.14 bits per heavy atom. The highest BCUT2D eigenvalue weighted by molar-refractivity contribution is 6.24. The summed E-state index contributed by atoms with van der Waals surface area (Å²) in [6, 6.07) is 64.5. The largest absolute Gasteiger partial charge is 0.309 e. The van der Waals surface area contributed by atoms with Crippen LogP contribution in [-0.2, 0) is 5.41 Å². The third kappa shape index (κ3) is 3.41. The van der Waals surface area contributed by atoms with Crippen molar-refractivity contribution in [3.63, 3.8) is 0 Å². The van der Waals surface area contributed by atoms with Crippen LogP contribution in [0.4, 0.5) is 0 Å². The molecule has 230 valence electrons. The van der Waals surface area contributed by atoms with E-state index in [2.05, 4.69) is 162 Å². The number of para-hydroxylation sites is 3. The highest BCUT2D eigenvalue weighted by Gasteiger charge is 2.46. The molecule has 0 amide bonds. The second-order valence-electron chi connectivity index (χ2n) is 13.6. The quantitative estimate of drug-likeness (QED) is 0.178. The van der Waals surface area contributed by atoms with E-state index in [-0.39, 0.29) is 0 Å². The van der Waals surface area contributed by atoms with Gasteiger partial charge in [0.15, 0.2) is 0 Å². The summed E-state index contributed by atoms with van der Waals surface area (Å²) < 4.78 is 2.49. The van der Waals surface area contributed by atoms with E-state index in [0.717, 1.165) is 11.1 Å². The maximum atomic E-state index is 9.62. The van der Waals surface area contributed by atoms with Crippen LogP contribution in [0.3, 0.4) is 0 Å². The van der Waals surface area contributed by atoms with Gasteiger partial charge in [0.2, 0.25) is 0 Å². The Bertz CT molecular complexity index is 3030. The van der Waals surface area contributed by atoms with Crippen LogP contribution in [-0.4, -0.2) is 4.57 Å². The van der Waals surface area contributed by atoms with Crippen LogP contribution in [0.1, 0.15) is 27.8 Å². The van der Waals surface area contributed by atoms with E-state index in [1.54, 1.807) is 0 Å². The van der Waals surface area contributed by atoms with E-state index in [9.17, 15) is 5.26 Å². The summed E-state index contributed by atoms with van der Waals surface area (Å²) in [5.41, 5.74) is 10.9. The van der Waals surface area contributed by atoms with Gasteiger partial charge in [-0.05, 0) is 90.0 Å². The smallest absolute Gasteiger partial charge is 0.0991 e. The van der Waals surface area contributed by atoms with Gasteiger partial charge in [0.25, 0.3) is 0 Å². The summed E-state index contributed by atoms with van der Waals surface area (Å²) in [7, 11) is 0. The lowest BCUT2D eigenvalue weighted by Gasteiger charge is -2.42. The first-order valence-electron chi connectivity index (χ1n) is 17.2. The first-order chi connectivity index (χ1) is 24.8. The molecule has 0 saturated carbocycles. The number of rotatable bonds is 3. The molecule has 10 aromatic rings. The molecule has 0 bridgehead atoms. The molecular formula is C48H28N2. The van der Waals surface area contributed by atoms with Gasteiger partial charge in [0.05, 0.1) is 33.8 Å². The Morgan fingerprint density at radius 1 is 0.460 bits per heavy atom. The van der Waals surface area contributed by atoms with Gasteiger partial charge >= 0.3 is 0 Å². The van der Waals surface area contributed by atoms with Crippen LogP contribution in [0, 0.1) is 11.3 Å². The Morgan fingerprint density at radius 3 is 2.00 bits per heavy atom. The highest BCUT2D eigenvalue weighted by Crippen LogP contribution is 2.56. The topological polar surface area (TPSA) is 28.7 Å². The van der Waals surface area contributed by atoms with Crippen molar-refractivity contribution in [2.24, 2.45) is 0 Å². The van der Waals surface area contributed by atoms with Crippen LogP contribution in [0.15, 0.2) is 170 Å². The average Bonchev–Trinajstić information content (AvgIpc) is 3.53. The average molecular weight is 633 g/mol. The molecule has 1 aliphatic rings. The summed E-state index contributed by atoms with van der Waals surface area (Å²) in [6.45, 7) is 0. The Labute approximate surface area is 289 Å². The number of hydrogen-bond acceptors (Lipinski definition) is 1. The zero-order valence-electron chi connectivity index (χ0n) is 27.1. The van der Waals surface area contributed by atoms with Crippen LogP contribution >= 0.6 is 0 Å². The molecule has 2 nitrogen and oxygen atoms in total. The van der Waals surface area contributed by atoms with Crippen molar-refractivity contribution in [2.45, 2.75) is 5.41 Å². The van der Waals surface area contributed by atoms with E-state index in [0.29, 0.717) is 5.56 Å². The lowest BCUT2D eigenvalue weighted by Crippen LogP contribution is -2.35. The minimum atomic E-state index is -0.629. The fourth-order valence-electron chi connectivity index (χ4n) is 9.20. The SMILES string of the molecule is N#Cc1cccc(-c2ccc(C3(c4ccc5ccc6cccc7ccc4c5c67)c4ccccc4-n4c5ccccc5c5cccc3c54)cc2)c1. The second-order valence-corrected chi connectivity index (χ2v) is 13.6. The lowest BCUT2D eigenvalue weighted by molar-refractivity contribution is 0.734. The monoisotopic (exact) mass is 632 g/mol. The number of nitriles is 1. The van der Waals surface area contributed by atoms with E-state index in [4.69, 9.17) is 0 Å². The van der Waals surface area contributed by atoms with Gasteiger partial charge in [-0.25, -0.2) is 0 Å². The third-order valence-corrected chi connectivity index (χ3v) is 11.2. The standard InChI is InChI=1S/C48H28N2/c49-29-30-8-5-11-35(28-30)31-20-24-36(25-21-31)48(40-27-23-34-19-18-32-9-6-10-33-22-26-39(40)46(34)45(32)33)41-14-2-4-17-44(41)50-43-16-3-1-12-37(43)38-13-7-15-42(48)47(38)50/h1-28H. The van der Waals surface area contributed by atoms with Gasteiger partial charge in [0.1, 0.15) is 0 Å². The zero-order valence-corrected chi connectivity index (χ0v) is 27.1. The van der Waals surface area contributed by atoms with E-state index >= 15 is 0 Å². The molecule has 11 rings (SSSR count). The molecule has 0 fully saturated rings. The first kappa shape index (κ1) is 27.3. The molecule has 9 aromatic carbocycles. The summed E-state index contributed by atoms with van der Waals surface area (Å²) in [6.07, 6.45) is 0. The van der Waals surface area contributed by atoms with Crippen LogP contribution in [0.5, 0.6) is 0 Å². The fraction of sp³-hybridized carbons (Fsp3) is 0.0208. The molecule has 1 aromatic heterocycles. The highest BCUT2D eigenvalue weighted by atomic mass is 15.0. The molecule has 2 heterocycles. The second kappa shape index (κ2) is 9.92. The van der Waals surface area contributed by atoms with Crippen molar-refractivity contribution >= 4 is 54.1 Å². The molecule has 1 aliphatic heterocycles. The van der Waals surface area contributed by atoms with Crippen molar-refractivity contribution in [2.75, 3.05) is 0 Å². The minimum Gasteiger partial charge on any atom is -0.309 e. The molecule has 1 unspecified atom stereocenters. The molecular weight excluding hydrogens is 605 g/mol. The van der Waals surface area contributed by atoms with Gasteiger partial charge in [-0.2, -0.15) is 5.26 Å². The summed E-state index contributed by atoms with van der Waals surface area (Å²) in [4.78, 5) is 0. The van der Waals surface area contributed by atoms with E-state index in [1.807, 2.05) is 18.2 Å². The molecule has 2 heteroatoms. The molecule has 0 spiro atoms. The van der Waals surface area contributed by atoms with Crippen molar-refractivity contribution in [3.05, 3.63) is 198 Å². The Kier molecular flexibility index (Phi) is 5.41. The van der Waals surface area contributed by atoms with Crippen LogP contribution in [0.2, 0.25) is 0 Å². The van der Waals surface area contributed by atoms with E-state index < -0.39 is 5.41 Å². The Balaban J connectivity index is 1.32. The maximum absolute atomic E-state index is 9.62. The van der Waals surface area contributed by atoms with Crippen molar-refractivity contribution in [1.29, 1.82) is 5.26 Å². The van der Waals surface area contributed by atoms with E-state index in [1.165, 1.54) is 82.1 Å². The molecule has 0 aliphatic carbocycles. The molecule has 0 radical (unpaired) electrons. The summed E-state index contributed by atoms with van der Waals surface area (Å²) in [5, 5.41) is 19.8. The summed E-state index contributed by atoms with van der Waals surface area (Å²) >= 11 is 0. The predicted octanol–water partition coefficient (Wildman–Crippen LogP) is 11.9. The molecule has 0 N–H and O–H groups in total. The number of hydrogen-bond donors (Lipinski definition) is 0. The van der Waals surface area contributed by atoms with Crippen molar-refractivity contribution in [1.82, 2.24) is 4.57 Å². The van der Waals surface area contributed by atoms with Gasteiger partial charge < -0.3 is 4.57 Å². The lowest BCUT2D eigenvalue weighted by atomic mass is 9.62. The zero-order chi connectivity index (χ0) is 33.0. The van der Waals surface area contributed by atoms with Gasteiger partial charge in [0, 0.05) is 10.8 Å². The summed E-state index contributed by atoms with van der Waals surface area (Å²) in [5.74, 6) is 0. The van der Waals surface area contributed by atoms with Crippen LogP contribution < -0.4 is 0 Å². The third-order valence-electron chi connectivity index (χ3n) is 11.2. The molecule has 50 heavy (non-hydrogen) atoms. The number of fused-ring (bicyclic) bond motifs is 5. The normalized spacial score (nSPS) is 15.3. The Hall–Kier alpha value is -6.69. The molecule has 1 atom stereocenters. The number of aromatic nitrogens is 1. The van der Waals surface area contributed by atoms with Crippen molar-refractivity contribution in [3.8, 4) is 22.9 Å². The molecule has 0 saturated heterocycles. The van der Waals surface area contributed by atoms with Crippen molar-refractivity contribution < 1.29 is 0 Å². The first-order valence-corrected chi connectivity index (χ1v) is 17.2. The number of nitrogens with zero attached hydrogens (tertiary/aromatic N) is 2. The van der Waals surface area contributed by atoms with Gasteiger partial charge in [-0.15, -0.1) is 0 Å². The minimum absolute atomic E-state index is 0.629. The fourth-order valence-corrected chi connectivity index (χ4v) is 9.20. The van der Waals surface area contributed by atoms with Gasteiger partial charge in [-0.1, -0.05) is 146 Å². The van der Waals surface area contributed by atoms with Crippen LogP contribution in [0.25, 0.3) is 70.9 Å².